The summed E-state index contributed by atoms with van der Waals surface area (Å²) in [7, 11) is 0. The first-order valence-electron chi connectivity index (χ1n) is 6.42. The lowest BCUT2D eigenvalue weighted by Gasteiger charge is -2.11. The summed E-state index contributed by atoms with van der Waals surface area (Å²) >= 11 is 1.72. The second-order valence-corrected chi connectivity index (χ2v) is 5.37. The number of aryl methyl sites for hydroxylation is 1. The van der Waals surface area contributed by atoms with Gasteiger partial charge in [0, 0.05) is 43.3 Å². The van der Waals surface area contributed by atoms with Gasteiger partial charge in [-0.1, -0.05) is 13.8 Å². The van der Waals surface area contributed by atoms with E-state index in [1.807, 2.05) is 17.8 Å². The molecule has 1 atom stereocenters. The van der Waals surface area contributed by atoms with Crippen molar-refractivity contribution in [3.8, 4) is 0 Å². The van der Waals surface area contributed by atoms with Crippen LogP contribution < -0.4 is 5.32 Å². The topological polar surface area (TPSA) is 42.7 Å². The molecule has 0 radical (unpaired) electrons. The third kappa shape index (κ3) is 3.40. The SMILES string of the molecule is CCCn1nccc1CNCC(C)c1nccs1. The minimum absolute atomic E-state index is 0.465. The van der Waals surface area contributed by atoms with E-state index in [1.165, 1.54) is 10.7 Å². The second-order valence-electron chi connectivity index (χ2n) is 4.45. The molecular formula is C13H20N4S. The fourth-order valence-corrected chi connectivity index (χ4v) is 2.60. The van der Waals surface area contributed by atoms with Gasteiger partial charge >= 0.3 is 0 Å². The second kappa shape index (κ2) is 6.66. The van der Waals surface area contributed by atoms with E-state index >= 15 is 0 Å². The molecule has 98 valence electrons. The highest BCUT2D eigenvalue weighted by molar-refractivity contribution is 7.09. The lowest BCUT2D eigenvalue weighted by Crippen LogP contribution is -2.21. The molecule has 2 rings (SSSR count). The summed E-state index contributed by atoms with van der Waals surface area (Å²) in [6.07, 6.45) is 4.86. The van der Waals surface area contributed by atoms with Crippen LogP contribution in [0.2, 0.25) is 0 Å². The van der Waals surface area contributed by atoms with Gasteiger partial charge in [-0.05, 0) is 12.5 Å². The maximum absolute atomic E-state index is 4.34. The molecule has 5 heteroatoms. The number of thiazole rings is 1. The first-order valence-corrected chi connectivity index (χ1v) is 7.30. The fourth-order valence-electron chi connectivity index (χ4n) is 1.91. The Bertz CT molecular complexity index is 449. The van der Waals surface area contributed by atoms with Crippen molar-refractivity contribution in [2.45, 2.75) is 39.3 Å². The molecule has 0 aromatic carbocycles. The molecule has 0 amide bonds. The van der Waals surface area contributed by atoms with Crippen molar-refractivity contribution in [3.63, 3.8) is 0 Å². The Labute approximate surface area is 112 Å². The third-order valence-corrected chi connectivity index (χ3v) is 3.88. The lowest BCUT2D eigenvalue weighted by molar-refractivity contribution is 0.537. The van der Waals surface area contributed by atoms with Gasteiger partial charge in [0.15, 0.2) is 0 Å². The zero-order chi connectivity index (χ0) is 12.8. The molecule has 0 saturated heterocycles. The van der Waals surface area contributed by atoms with Gasteiger partial charge in [-0.25, -0.2) is 4.98 Å². The monoisotopic (exact) mass is 264 g/mol. The van der Waals surface area contributed by atoms with Crippen LogP contribution in [0.3, 0.4) is 0 Å². The summed E-state index contributed by atoms with van der Waals surface area (Å²) in [5, 5.41) is 11.0. The minimum atomic E-state index is 0.465. The fraction of sp³-hybridized carbons (Fsp3) is 0.538. The van der Waals surface area contributed by atoms with Gasteiger partial charge < -0.3 is 5.32 Å². The summed E-state index contributed by atoms with van der Waals surface area (Å²) in [4.78, 5) is 4.34. The van der Waals surface area contributed by atoms with Gasteiger partial charge in [-0.2, -0.15) is 5.10 Å². The van der Waals surface area contributed by atoms with Crippen LogP contribution >= 0.6 is 11.3 Å². The molecule has 0 aliphatic carbocycles. The maximum Gasteiger partial charge on any atom is 0.0965 e. The molecule has 0 spiro atoms. The van der Waals surface area contributed by atoms with Crippen LogP contribution in [0.5, 0.6) is 0 Å². The van der Waals surface area contributed by atoms with Crippen molar-refractivity contribution in [1.29, 1.82) is 0 Å². The molecule has 0 bridgehead atoms. The van der Waals surface area contributed by atoms with Gasteiger partial charge in [0.05, 0.1) is 10.7 Å². The van der Waals surface area contributed by atoms with Gasteiger partial charge in [0.1, 0.15) is 0 Å². The van der Waals surface area contributed by atoms with Crippen molar-refractivity contribution in [2.24, 2.45) is 0 Å². The Morgan fingerprint density at radius 3 is 3.06 bits per heavy atom. The van der Waals surface area contributed by atoms with E-state index in [1.54, 1.807) is 11.3 Å². The summed E-state index contributed by atoms with van der Waals surface area (Å²) in [6.45, 7) is 7.19. The molecule has 0 aliphatic heterocycles. The normalized spacial score (nSPS) is 12.8. The summed E-state index contributed by atoms with van der Waals surface area (Å²) in [5.41, 5.74) is 1.25. The van der Waals surface area contributed by atoms with Gasteiger partial charge in [0.25, 0.3) is 0 Å². The average molecular weight is 264 g/mol. The van der Waals surface area contributed by atoms with Crippen molar-refractivity contribution in [3.05, 3.63) is 34.5 Å². The predicted molar refractivity (Wildman–Crippen MR) is 74.8 cm³/mol. The Morgan fingerprint density at radius 2 is 2.33 bits per heavy atom. The minimum Gasteiger partial charge on any atom is -0.310 e. The number of aromatic nitrogens is 3. The van der Waals surface area contributed by atoms with Crippen LogP contribution in [0, 0.1) is 0 Å². The molecule has 1 unspecified atom stereocenters. The Balaban J connectivity index is 1.79. The van der Waals surface area contributed by atoms with Crippen molar-refractivity contribution >= 4 is 11.3 Å². The number of rotatable bonds is 7. The Morgan fingerprint density at radius 1 is 1.44 bits per heavy atom. The first-order chi connectivity index (χ1) is 8.81. The van der Waals surface area contributed by atoms with Crippen LogP contribution in [0.1, 0.15) is 36.9 Å². The Hall–Kier alpha value is -1.20. The van der Waals surface area contributed by atoms with Crippen molar-refractivity contribution < 1.29 is 0 Å². The van der Waals surface area contributed by atoms with E-state index in [4.69, 9.17) is 0 Å². The summed E-state index contributed by atoms with van der Waals surface area (Å²) < 4.78 is 2.07. The van der Waals surface area contributed by atoms with Gasteiger partial charge in [-0.3, -0.25) is 4.68 Å². The Kier molecular flexibility index (Phi) is 4.90. The van der Waals surface area contributed by atoms with Crippen LogP contribution in [-0.4, -0.2) is 21.3 Å². The van der Waals surface area contributed by atoms with Crippen LogP contribution in [0.25, 0.3) is 0 Å². The van der Waals surface area contributed by atoms with Gasteiger partial charge in [-0.15, -0.1) is 11.3 Å². The number of hydrogen-bond donors (Lipinski definition) is 1. The van der Waals surface area contributed by atoms with Crippen molar-refractivity contribution in [2.75, 3.05) is 6.54 Å². The molecule has 2 aromatic rings. The summed E-state index contributed by atoms with van der Waals surface area (Å²) in [5.74, 6) is 0.465. The third-order valence-electron chi connectivity index (χ3n) is 2.87. The molecule has 0 fully saturated rings. The molecule has 18 heavy (non-hydrogen) atoms. The van der Waals surface area contributed by atoms with Gasteiger partial charge in [0.2, 0.25) is 0 Å². The van der Waals surface area contributed by atoms with Crippen LogP contribution in [0.15, 0.2) is 23.8 Å². The van der Waals surface area contributed by atoms with E-state index in [0.717, 1.165) is 26.1 Å². The maximum atomic E-state index is 4.34. The molecule has 0 saturated carbocycles. The number of nitrogens with one attached hydrogen (secondary N) is 1. The highest BCUT2D eigenvalue weighted by Crippen LogP contribution is 2.16. The van der Waals surface area contributed by atoms with E-state index in [2.05, 4.69) is 40.0 Å². The zero-order valence-corrected chi connectivity index (χ0v) is 11.8. The summed E-state index contributed by atoms with van der Waals surface area (Å²) in [6, 6.07) is 2.08. The average Bonchev–Trinajstić information content (AvgIpc) is 3.01. The molecule has 4 nitrogen and oxygen atoms in total. The highest BCUT2D eigenvalue weighted by atomic mass is 32.1. The van der Waals surface area contributed by atoms with Crippen LogP contribution in [0.4, 0.5) is 0 Å². The van der Waals surface area contributed by atoms with E-state index in [0.29, 0.717) is 5.92 Å². The van der Waals surface area contributed by atoms with E-state index in [9.17, 15) is 0 Å². The van der Waals surface area contributed by atoms with Crippen LogP contribution in [-0.2, 0) is 13.1 Å². The standard InChI is InChI=1S/C13H20N4S/c1-3-7-17-12(4-5-16-17)10-14-9-11(2)13-15-6-8-18-13/h4-6,8,11,14H,3,7,9-10H2,1-2H3. The smallest absolute Gasteiger partial charge is 0.0965 e. The zero-order valence-electron chi connectivity index (χ0n) is 11.0. The molecule has 2 heterocycles. The number of hydrogen-bond acceptors (Lipinski definition) is 4. The number of nitrogens with zero attached hydrogens (tertiary/aromatic N) is 3. The van der Waals surface area contributed by atoms with E-state index in [-0.39, 0.29) is 0 Å². The van der Waals surface area contributed by atoms with Crippen molar-refractivity contribution in [1.82, 2.24) is 20.1 Å². The molecule has 1 N–H and O–H groups in total. The molecule has 2 aromatic heterocycles. The predicted octanol–water partition coefficient (Wildman–Crippen LogP) is 2.64. The molecular weight excluding hydrogens is 244 g/mol. The highest BCUT2D eigenvalue weighted by Gasteiger charge is 2.08. The largest absolute Gasteiger partial charge is 0.310 e. The van der Waals surface area contributed by atoms with E-state index < -0.39 is 0 Å². The first kappa shape index (κ1) is 13.2. The quantitative estimate of drug-likeness (QED) is 0.836. The molecule has 0 aliphatic rings. The lowest BCUT2D eigenvalue weighted by atomic mass is 10.2.